The lowest BCUT2D eigenvalue weighted by atomic mass is 9.57. The highest BCUT2D eigenvalue weighted by Crippen LogP contribution is 2.53. The Morgan fingerprint density at radius 2 is 1.45 bits per heavy atom. The van der Waals surface area contributed by atoms with Crippen molar-refractivity contribution in [2.45, 2.75) is 51.9 Å². The molecule has 3 heterocycles. The molecule has 0 amide bonds. The summed E-state index contributed by atoms with van der Waals surface area (Å²) in [5, 5.41) is 11.5. The molecule has 3 aliphatic heterocycles. The Kier molecular flexibility index (Phi) is 8.67. The van der Waals surface area contributed by atoms with Gasteiger partial charge < -0.3 is 14.7 Å². The molecule has 0 aromatic heterocycles. The molecule has 2 aromatic rings. The van der Waals surface area contributed by atoms with E-state index in [1.54, 1.807) is 58.0 Å². The van der Waals surface area contributed by atoms with E-state index >= 15 is 0 Å². The largest absolute Gasteiger partial charge is 0.378 e. The molecule has 2 aromatic carbocycles. The number of allylic oxidation sites excluding steroid dienone is 3. The van der Waals surface area contributed by atoms with Crippen LogP contribution >= 0.6 is 0 Å². The van der Waals surface area contributed by atoms with E-state index in [4.69, 9.17) is 14.5 Å². The van der Waals surface area contributed by atoms with Gasteiger partial charge in [0, 0.05) is 43.3 Å². The van der Waals surface area contributed by atoms with E-state index in [1.807, 2.05) is 18.2 Å². The van der Waals surface area contributed by atoms with Crippen LogP contribution in [-0.2, 0) is 24.1 Å². The number of ketones is 2. The maximum Gasteiger partial charge on any atom is 0.240 e. The number of Topliss-reactive ketones (excluding diaryl/α,β-unsaturated/α-hetero) is 2. The van der Waals surface area contributed by atoms with Crippen molar-refractivity contribution in [2.75, 3.05) is 39.4 Å². The van der Waals surface area contributed by atoms with Gasteiger partial charge in [-0.05, 0) is 93.9 Å². The van der Waals surface area contributed by atoms with Crippen LogP contribution in [0.15, 0.2) is 78.4 Å². The highest BCUT2D eigenvalue weighted by atomic mass is 19.1. The molecule has 8 nitrogen and oxygen atoms in total. The van der Waals surface area contributed by atoms with Gasteiger partial charge in [0.2, 0.25) is 11.5 Å². The topological polar surface area (TPSA) is 88.3 Å². The number of ether oxygens (including phenoxy) is 1. The predicted molar refractivity (Wildman–Crippen MR) is 171 cm³/mol. The van der Waals surface area contributed by atoms with E-state index < -0.39 is 33.8 Å². The molecular formula is C37H41F2N2O6+. The molecule has 1 aliphatic carbocycles. The average molecular weight is 648 g/mol. The third-order valence-electron chi connectivity index (χ3n) is 9.99. The van der Waals surface area contributed by atoms with Crippen molar-refractivity contribution in [1.82, 2.24) is 4.90 Å². The number of morpholine rings is 1. The number of hydrogen-bond acceptors (Lipinski definition) is 7. The molecule has 248 valence electrons. The molecule has 4 aliphatic rings. The number of carbonyl (C=O) groups excluding carboxylic acids is 2. The molecule has 0 radical (unpaired) electrons. The Bertz CT molecular complexity index is 1670. The monoisotopic (exact) mass is 647 g/mol. The van der Waals surface area contributed by atoms with Crippen molar-refractivity contribution in [2.24, 2.45) is 10.8 Å². The zero-order chi connectivity index (χ0) is 33.6. The molecule has 1 atom stereocenters. The average Bonchev–Trinajstić information content (AvgIpc) is 3.07. The molecule has 2 saturated heterocycles. The quantitative estimate of drug-likeness (QED) is 0.211. The fourth-order valence-corrected chi connectivity index (χ4v) is 7.01. The van der Waals surface area contributed by atoms with E-state index in [0.717, 1.165) is 22.5 Å². The minimum atomic E-state index is -2.19. The number of carbonyl (C=O) groups is 2. The number of piperidine rings is 1. The van der Waals surface area contributed by atoms with Gasteiger partial charge in [-0.15, -0.1) is 0 Å². The zero-order valence-corrected chi connectivity index (χ0v) is 27.2. The smallest absolute Gasteiger partial charge is 0.240 e. The number of rotatable bonds is 5. The summed E-state index contributed by atoms with van der Waals surface area (Å²) in [5.74, 6) is -3.72. The normalized spacial score (nSPS) is 27.6. The third kappa shape index (κ3) is 5.92. The summed E-state index contributed by atoms with van der Waals surface area (Å²) >= 11 is 0. The molecule has 10 heteroatoms. The highest BCUT2D eigenvalue weighted by molar-refractivity contribution is 6.19. The van der Waals surface area contributed by atoms with E-state index in [0.29, 0.717) is 52.2 Å². The van der Waals surface area contributed by atoms with Gasteiger partial charge in [-0.25, -0.2) is 18.2 Å². The predicted octanol–water partition coefficient (Wildman–Crippen LogP) is 5.01. The van der Waals surface area contributed by atoms with E-state index in [9.17, 15) is 23.5 Å². The molecule has 1 unspecified atom stereocenters. The van der Waals surface area contributed by atoms with Crippen LogP contribution in [0, 0.1) is 22.5 Å². The first kappa shape index (κ1) is 33.1. The third-order valence-corrected chi connectivity index (χ3v) is 9.99. The SMILES string of the molecule is CC1(C)C(=O)C2=CC3(CC[N+](=C(/C=C/C=C(/c4ccc(F)cc4)N4CCOCC4)c4ccc(F)cc4)CC3)OOC2(O)C(C)(C)C1=O. The Morgan fingerprint density at radius 3 is 2.04 bits per heavy atom. The second-order valence-corrected chi connectivity index (χ2v) is 13.7. The minimum Gasteiger partial charge on any atom is -0.378 e. The standard InChI is InChI=1S/C37H41F2N2O6/c1-34(2)32(42)29-24-36(46-47-37(29,44)35(3,4)33(34)43)16-18-40(19-17-36)30(25-8-12-27(38)13-9-25)6-5-7-31(41-20-22-45-23-21-41)26-10-14-28(39)15-11-26/h5-15,24,44H,16-23H2,1-4H3/q+1. The molecule has 3 fully saturated rings. The minimum absolute atomic E-state index is 0.0519. The van der Waals surface area contributed by atoms with Gasteiger partial charge >= 0.3 is 0 Å². The van der Waals surface area contributed by atoms with Crippen LogP contribution in [0.1, 0.15) is 51.7 Å². The van der Waals surface area contributed by atoms with Crippen LogP contribution in [0.3, 0.4) is 0 Å². The van der Waals surface area contributed by atoms with Crippen LogP contribution in [-0.4, -0.2) is 82.6 Å². The van der Waals surface area contributed by atoms with E-state index in [2.05, 4.69) is 9.48 Å². The van der Waals surface area contributed by atoms with Gasteiger partial charge in [0.1, 0.15) is 30.3 Å². The zero-order valence-electron chi connectivity index (χ0n) is 27.2. The highest BCUT2D eigenvalue weighted by Gasteiger charge is 2.68. The van der Waals surface area contributed by atoms with Crippen molar-refractivity contribution in [3.05, 3.63) is 101 Å². The second kappa shape index (κ2) is 12.3. The number of nitrogens with zero attached hydrogens (tertiary/aromatic N) is 2. The Hall–Kier alpha value is -3.83. The molecule has 1 spiro atoms. The molecule has 6 rings (SSSR count). The molecule has 47 heavy (non-hydrogen) atoms. The first-order valence-electron chi connectivity index (χ1n) is 16.0. The second-order valence-electron chi connectivity index (χ2n) is 13.7. The summed E-state index contributed by atoms with van der Waals surface area (Å²) < 4.78 is 35.4. The molecule has 0 bridgehead atoms. The number of hydrogen-bond donors (Lipinski definition) is 1. The molecule has 1 N–H and O–H groups in total. The summed E-state index contributed by atoms with van der Waals surface area (Å²) in [6, 6.07) is 12.7. The van der Waals surface area contributed by atoms with E-state index in [1.165, 1.54) is 24.3 Å². The fraction of sp³-hybridized carbons (Fsp3) is 0.432. The first-order chi connectivity index (χ1) is 22.3. The fourth-order valence-electron chi connectivity index (χ4n) is 7.01. The Morgan fingerprint density at radius 1 is 0.872 bits per heavy atom. The van der Waals surface area contributed by atoms with Crippen LogP contribution < -0.4 is 0 Å². The summed E-state index contributed by atoms with van der Waals surface area (Å²) in [6.45, 7) is 9.89. The van der Waals surface area contributed by atoms with Gasteiger partial charge in [-0.3, -0.25) is 9.59 Å². The Balaban J connectivity index is 1.33. The van der Waals surface area contributed by atoms with Crippen molar-refractivity contribution in [3.63, 3.8) is 0 Å². The molecular weight excluding hydrogens is 606 g/mol. The van der Waals surface area contributed by atoms with E-state index in [-0.39, 0.29) is 17.2 Å². The number of aliphatic hydroxyl groups is 1. The lowest BCUT2D eigenvalue weighted by molar-refractivity contribution is -0.561. The van der Waals surface area contributed by atoms with Gasteiger partial charge in [0.15, 0.2) is 11.6 Å². The van der Waals surface area contributed by atoms with Crippen LogP contribution in [0.25, 0.3) is 5.70 Å². The number of fused-ring (bicyclic) bond motifs is 1. The maximum absolute atomic E-state index is 13.9. The van der Waals surface area contributed by atoms with Gasteiger partial charge in [-0.2, -0.15) is 4.89 Å². The maximum atomic E-state index is 13.9. The first-order valence-corrected chi connectivity index (χ1v) is 16.0. The Labute approximate surface area is 273 Å². The van der Waals surface area contributed by atoms with Crippen molar-refractivity contribution in [1.29, 1.82) is 0 Å². The van der Waals surface area contributed by atoms with Gasteiger partial charge in [-0.1, -0.05) is 6.08 Å². The van der Waals surface area contributed by atoms with Gasteiger partial charge in [0.25, 0.3) is 0 Å². The van der Waals surface area contributed by atoms with Crippen LogP contribution in [0.2, 0.25) is 0 Å². The summed E-state index contributed by atoms with van der Waals surface area (Å²) in [4.78, 5) is 40.4. The van der Waals surface area contributed by atoms with Crippen LogP contribution in [0.5, 0.6) is 0 Å². The van der Waals surface area contributed by atoms with Gasteiger partial charge in [0.05, 0.1) is 29.6 Å². The lowest BCUT2D eigenvalue weighted by Gasteiger charge is -2.52. The summed E-state index contributed by atoms with van der Waals surface area (Å²) in [6.07, 6.45) is 8.44. The lowest BCUT2D eigenvalue weighted by Crippen LogP contribution is -2.67. The van der Waals surface area contributed by atoms with Crippen molar-refractivity contribution < 1.29 is 42.6 Å². The van der Waals surface area contributed by atoms with Crippen LogP contribution in [0.4, 0.5) is 8.78 Å². The summed E-state index contributed by atoms with van der Waals surface area (Å²) in [5.41, 5.74) is -0.157. The van der Waals surface area contributed by atoms with Crippen molar-refractivity contribution in [3.8, 4) is 0 Å². The molecule has 1 saturated carbocycles. The number of benzene rings is 2. The van der Waals surface area contributed by atoms with Crippen molar-refractivity contribution >= 4 is 23.0 Å². The number of halogens is 2. The summed E-state index contributed by atoms with van der Waals surface area (Å²) in [7, 11) is 0.